The van der Waals surface area contributed by atoms with Crippen LogP contribution in [0.1, 0.15) is 11.3 Å². The van der Waals surface area contributed by atoms with Crippen molar-refractivity contribution in [1.29, 1.82) is 0 Å². The van der Waals surface area contributed by atoms with Crippen molar-refractivity contribution in [2.45, 2.75) is 13.0 Å². The normalized spacial score (nSPS) is 10.6. The molecular formula is C21H21ClN2O5. The number of imidazole rings is 1. The smallest absolute Gasteiger partial charge is 0.309 e. The van der Waals surface area contributed by atoms with Crippen LogP contribution < -0.4 is 14.2 Å². The van der Waals surface area contributed by atoms with Crippen LogP contribution in [-0.4, -0.2) is 42.0 Å². The number of carboxylic acid groups (broad SMARTS) is 1. The fourth-order valence-corrected chi connectivity index (χ4v) is 3.40. The molecule has 0 amide bonds. The molecule has 0 aliphatic carbocycles. The molecule has 1 N–H and O–H groups in total. The largest absolute Gasteiger partial charge is 0.493 e. The van der Waals surface area contributed by atoms with Gasteiger partial charge in [0.05, 0.1) is 33.4 Å². The first kappa shape index (κ1) is 20.5. The number of rotatable bonds is 8. The van der Waals surface area contributed by atoms with Crippen LogP contribution in [0.2, 0.25) is 5.15 Å². The Labute approximate surface area is 173 Å². The second kappa shape index (κ2) is 8.87. The third-order valence-electron chi connectivity index (χ3n) is 4.44. The van der Waals surface area contributed by atoms with Crippen molar-refractivity contribution in [1.82, 2.24) is 9.55 Å². The highest BCUT2D eigenvalue weighted by molar-refractivity contribution is 6.30. The number of halogens is 1. The molecule has 152 valence electrons. The van der Waals surface area contributed by atoms with Gasteiger partial charge in [0.15, 0.2) is 16.7 Å². The highest BCUT2D eigenvalue weighted by Crippen LogP contribution is 2.39. The minimum absolute atomic E-state index is 0.165. The van der Waals surface area contributed by atoms with Gasteiger partial charge in [0.2, 0.25) is 5.75 Å². The molecule has 8 heteroatoms. The number of carboxylic acids is 1. The van der Waals surface area contributed by atoms with Crippen molar-refractivity contribution in [2.24, 2.45) is 0 Å². The minimum atomic E-state index is -0.988. The lowest BCUT2D eigenvalue weighted by Gasteiger charge is -2.16. The van der Waals surface area contributed by atoms with E-state index >= 15 is 0 Å². The van der Waals surface area contributed by atoms with Crippen LogP contribution >= 0.6 is 11.6 Å². The van der Waals surface area contributed by atoms with Crippen LogP contribution in [0.15, 0.2) is 42.5 Å². The topological polar surface area (TPSA) is 82.8 Å². The van der Waals surface area contributed by atoms with Gasteiger partial charge in [0, 0.05) is 12.1 Å². The average molecular weight is 417 g/mol. The average Bonchev–Trinajstić information content (AvgIpc) is 3.02. The Balaban J connectivity index is 2.14. The molecule has 7 nitrogen and oxygen atoms in total. The number of hydrogen-bond donors (Lipinski definition) is 1. The van der Waals surface area contributed by atoms with Gasteiger partial charge < -0.3 is 23.9 Å². The molecule has 0 saturated heterocycles. The van der Waals surface area contributed by atoms with Gasteiger partial charge in [-0.15, -0.1) is 0 Å². The first-order chi connectivity index (χ1) is 14.0. The van der Waals surface area contributed by atoms with Gasteiger partial charge in [-0.05, 0) is 17.7 Å². The maximum atomic E-state index is 11.4. The van der Waals surface area contributed by atoms with Crippen LogP contribution in [0.5, 0.6) is 17.2 Å². The van der Waals surface area contributed by atoms with Crippen LogP contribution in [0.3, 0.4) is 0 Å². The Morgan fingerprint density at radius 3 is 2.21 bits per heavy atom. The molecule has 0 fully saturated rings. The number of aliphatic carboxylic acids is 1. The molecular weight excluding hydrogens is 396 g/mol. The summed E-state index contributed by atoms with van der Waals surface area (Å²) in [5.74, 6) is 1.10. The standard InChI is InChI=1S/C21H21ClN2O5/c1-27-16-9-13(10-17(28-2)19(16)29-3)12-24-15(11-18(25)26)20(22)23-21(24)14-7-5-4-6-8-14/h4-10H,11-12H2,1-3H3,(H,25,26). The highest BCUT2D eigenvalue weighted by Gasteiger charge is 2.21. The van der Waals surface area contributed by atoms with Gasteiger partial charge in [-0.2, -0.15) is 0 Å². The third kappa shape index (κ3) is 4.30. The summed E-state index contributed by atoms with van der Waals surface area (Å²) in [5.41, 5.74) is 2.07. The monoisotopic (exact) mass is 416 g/mol. The molecule has 0 aliphatic rings. The van der Waals surface area contributed by atoms with Crippen molar-refractivity contribution < 1.29 is 24.1 Å². The van der Waals surface area contributed by atoms with Gasteiger partial charge in [-0.1, -0.05) is 41.9 Å². The van der Waals surface area contributed by atoms with Crippen LogP contribution in [0.25, 0.3) is 11.4 Å². The number of nitrogens with zero attached hydrogens (tertiary/aromatic N) is 2. The lowest BCUT2D eigenvalue weighted by molar-refractivity contribution is -0.136. The summed E-state index contributed by atoms with van der Waals surface area (Å²) in [6.45, 7) is 0.323. The van der Waals surface area contributed by atoms with Gasteiger partial charge in [-0.3, -0.25) is 4.79 Å². The molecule has 0 unspecified atom stereocenters. The Morgan fingerprint density at radius 1 is 1.07 bits per heavy atom. The second-order valence-corrected chi connectivity index (χ2v) is 6.59. The van der Waals surface area contributed by atoms with E-state index in [0.717, 1.165) is 11.1 Å². The SMILES string of the molecule is COc1cc(Cn2c(-c3ccccc3)nc(Cl)c2CC(=O)O)cc(OC)c1OC. The minimum Gasteiger partial charge on any atom is -0.493 e. The number of carbonyl (C=O) groups is 1. The van der Waals surface area contributed by atoms with Crippen LogP contribution in [0, 0.1) is 0 Å². The first-order valence-corrected chi connectivity index (χ1v) is 9.17. The second-order valence-electron chi connectivity index (χ2n) is 6.23. The maximum Gasteiger partial charge on any atom is 0.309 e. The van der Waals surface area contributed by atoms with Crippen LogP contribution in [0.4, 0.5) is 0 Å². The summed E-state index contributed by atoms with van der Waals surface area (Å²) in [7, 11) is 4.62. The Morgan fingerprint density at radius 2 is 1.69 bits per heavy atom. The van der Waals surface area contributed by atoms with Gasteiger partial charge in [0.1, 0.15) is 5.82 Å². The lowest BCUT2D eigenvalue weighted by Crippen LogP contribution is -2.11. The molecule has 1 aromatic heterocycles. The van der Waals surface area contributed by atoms with E-state index < -0.39 is 5.97 Å². The third-order valence-corrected chi connectivity index (χ3v) is 4.74. The number of ether oxygens (including phenoxy) is 3. The summed E-state index contributed by atoms with van der Waals surface area (Å²) in [6.07, 6.45) is -0.247. The molecule has 0 saturated carbocycles. The molecule has 3 rings (SSSR count). The summed E-state index contributed by atoms with van der Waals surface area (Å²) in [4.78, 5) is 15.8. The van der Waals surface area contributed by atoms with Crippen molar-refractivity contribution in [3.8, 4) is 28.6 Å². The summed E-state index contributed by atoms with van der Waals surface area (Å²) >= 11 is 6.31. The van der Waals surface area contributed by atoms with Crippen molar-refractivity contribution >= 4 is 17.6 Å². The summed E-state index contributed by atoms with van der Waals surface area (Å²) in [5, 5.41) is 9.50. The zero-order chi connectivity index (χ0) is 21.0. The first-order valence-electron chi connectivity index (χ1n) is 8.79. The van der Waals surface area contributed by atoms with Crippen LogP contribution in [-0.2, 0) is 17.8 Å². The number of methoxy groups -OCH3 is 3. The van der Waals surface area contributed by atoms with Crippen molar-refractivity contribution in [2.75, 3.05) is 21.3 Å². The zero-order valence-corrected chi connectivity index (χ0v) is 17.1. The fraction of sp³-hybridized carbons (Fsp3) is 0.238. The molecule has 29 heavy (non-hydrogen) atoms. The van der Waals surface area contributed by atoms with Crippen molar-refractivity contribution in [3.05, 3.63) is 58.9 Å². The summed E-state index contributed by atoms with van der Waals surface area (Å²) < 4.78 is 18.0. The van der Waals surface area contributed by atoms with E-state index in [-0.39, 0.29) is 11.6 Å². The Bertz CT molecular complexity index is 992. The van der Waals surface area contributed by atoms with Crippen molar-refractivity contribution in [3.63, 3.8) is 0 Å². The predicted molar refractivity (Wildman–Crippen MR) is 109 cm³/mol. The molecule has 0 aliphatic heterocycles. The molecule has 1 heterocycles. The number of hydrogen-bond acceptors (Lipinski definition) is 5. The van der Waals surface area contributed by atoms with E-state index in [1.807, 2.05) is 42.5 Å². The maximum absolute atomic E-state index is 11.4. The van der Waals surface area contributed by atoms with E-state index in [1.165, 1.54) is 7.11 Å². The molecule has 0 spiro atoms. The molecule has 0 bridgehead atoms. The molecule has 3 aromatic rings. The Kier molecular flexibility index (Phi) is 6.29. The molecule has 2 aromatic carbocycles. The number of aromatic nitrogens is 2. The van der Waals surface area contributed by atoms with Gasteiger partial charge in [0.25, 0.3) is 0 Å². The highest BCUT2D eigenvalue weighted by atomic mass is 35.5. The summed E-state index contributed by atoms with van der Waals surface area (Å²) in [6, 6.07) is 13.1. The van der Waals surface area contributed by atoms with Gasteiger partial charge >= 0.3 is 5.97 Å². The quantitative estimate of drug-likeness (QED) is 0.599. The zero-order valence-electron chi connectivity index (χ0n) is 16.3. The molecule has 0 atom stereocenters. The van der Waals surface area contributed by atoms with E-state index in [9.17, 15) is 9.90 Å². The van der Waals surface area contributed by atoms with E-state index in [1.54, 1.807) is 18.8 Å². The fourth-order valence-electron chi connectivity index (χ4n) is 3.16. The predicted octanol–water partition coefficient (Wildman–Crippen LogP) is 3.90. The van der Waals surface area contributed by atoms with E-state index in [2.05, 4.69) is 4.98 Å². The van der Waals surface area contributed by atoms with Gasteiger partial charge in [-0.25, -0.2) is 4.98 Å². The molecule has 0 radical (unpaired) electrons. The Hall–Kier alpha value is -3.19. The lowest BCUT2D eigenvalue weighted by atomic mass is 10.1. The van der Waals surface area contributed by atoms with E-state index in [4.69, 9.17) is 25.8 Å². The van der Waals surface area contributed by atoms with E-state index in [0.29, 0.717) is 35.3 Å². The number of benzene rings is 2.